The van der Waals surface area contributed by atoms with Crippen LogP contribution in [0.15, 0.2) is 24.3 Å². The summed E-state index contributed by atoms with van der Waals surface area (Å²) in [4.78, 5) is 24.1. The minimum Gasteiger partial charge on any atom is -0.462 e. The molecule has 6 heteroatoms. The number of methoxy groups -OCH3 is 1. The molecule has 0 spiro atoms. The lowest BCUT2D eigenvalue weighted by Crippen LogP contribution is -2.27. The van der Waals surface area contributed by atoms with Gasteiger partial charge in [0.1, 0.15) is 0 Å². The molecule has 2 saturated carbocycles. The van der Waals surface area contributed by atoms with Gasteiger partial charge in [0.05, 0.1) is 37.6 Å². The molecule has 0 saturated heterocycles. The van der Waals surface area contributed by atoms with Crippen LogP contribution in [0.4, 0.5) is 0 Å². The summed E-state index contributed by atoms with van der Waals surface area (Å²) in [7, 11) is 1.50. The Hall–Kier alpha value is -1.66. The van der Waals surface area contributed by atoms with Crippen molar-refractivity contribution in [1.82, 2.24) is 0 Å². The number of hydrogen-bond donors (Lipinski definition) is 1. The van der Waals surface area contributed by atoms with Gasteiger partial charge < -0.3 is 19.3 Å². The maximum atomic E-state index is 12.1. The number of hydrogen-bond acceptors (Lipinski definition) is 6. The number of aliphatic hydroxyl groups excluding tert-OH is 1. The number of rotatable bonds is 15. The summed E-state index contributed by atoms with van der Waals surface area (Å²) in [5, 5.41) is 9.09. The average molecular weight is 493 g/mol. The lowest BCUT2D eigenvalue weighted by molar-refractivity contribution is -0.145. The molecular weight excluding hydrogens is 444 g/mol. The van der Waals surface area contributed by atoms with Crippen LogP contribution in [0.3, 0.4) is 0 Å². The van der Waals surface area contributed by atoms with E-state index in [2.05, 4.69) is 20.1 Å². The Morgan fingerprint density at radius 2 is 1.31 bits per heavy atom. The summed E-state index contributed by atoms with van der Waals surface area (Å²) >= 11 is 0. The van der Waals surface area contributed by atoms with Crippen LogP contribution in [-0.4, -0.2) is 50.6 Å². The number of ether oxygens (including phenoxy) is 3. The van der Waals surface area contributed by atoms with Crippen LogP contribution in [0.1, 0.15) is 84.0 Å². The molecule has 6 nitrogen and oxygen atoms in total. The molecule has 0 aromatic carbocycles. The predicted octanol–water partition coefficient (Wildman–Crippen LogP) is 5.63. The predicted molar refractivity (Wildman–Crippen MR) is 138 cm³/mol. The van der Waals surface area contributed by atoms with E-state index in [0.29, 0.717) is 5.92 Å². The molecule has 35 heavy (non-hydrogen) atoms. The largest absolute Gasteiger partial charge is 0.462 e. The first-order chi connectivity index (χ1) is 16.9. The standard InChI is InChI=1S/C29H48O6/c1-5-6-23-9-13-26(14-10-23)27-15-11-24(12-16-27)7-8-25(19-34-28(31)21(2)17-30)20-35-29(32)22(3)18-33-4/h23-27,30H,2-3,5-20H2,1,4H3. The second-order valence-electron chi connectivity index (χ2n) is 10.8. The summed E-state index contributed by atoms with van der Waals surface area (Å²) in [6, 6.07) is 0. The smallest absolute Gasteiger partial charge is 0.335 e. The zero-order chi connectivity index (χ0) is 25.6. The molecule has 2 rings (SSSR count). The van der Waals surface area contributed by atoms with E-state index in [1.807, 2.05) is 0 Å². The SMILES string of the molecule is C=C(CO)C(=O)OCC(CCC1CCC(C2CCC(CCC)CC2)CC1)COC(=O)C(=C)COC. The fourth-order valence-corrected chi connectivity index (χ4v) is 5.88. The molecule has 0 aromatic rings. The van der Waals surface area contributed by atoms with E-state index < -0.39 is 18.5 Å². The van der Waals surface area contributed by atoms with E-state index in [1.54, 1.807) is 0 Å². The van der Waals surface area contributed by atoms with Gasteiger partial charge in [-0.15, -0.1) is 0 Å². The Kier molecular flexibility index (Phi) is 13.6. The Balaban J connectivity index is 1.78. The van der Waals surface area contributed by atoms with Crippen LogP contribution in [-0.2, 0) is 23.8 Å². The van der Waals surface area contributed by atoms with Crippen molar-refractivity contribution in [3.05, 3.63) is 24.3 Å². The maximum absolute atomic E-state index is 12.1. The highest BCUT2D eigenvalue weighted by Crippen LogP contribution is 2.43. The molecule has 1 unspecified atom stereocenters. The van der Waals surface area contributed by atoms with E-state index in [9.17, 15) is 9.59 Å². The quantitative estimate of drug-likeness (QED) is 0.236. The summed E-state index contributed by atoms with van der Waals surface area (Å²) in [6.07, 6.45) is 15.5. The first-order valence-electron chi connectivity index (χ1n) is 13.7. The van der Waals surface area contributed by atoms with Crippen molar-refractivity contribution in [1.29, 1.82) is 0 Å². The highest BCUT2D eigenvalue weighted by molar-refractivity contribution is 5.88. The van der Waals surface area contributed by atoms with E-state index in [0.717, 1.165) is 30.6 Å². The van der Waals surface area contributed by atoms with Gasteiger partial charge in [0.15, 0.2) is 0 Å². The zero-order valence-electron chi connectivity index (χ0n) is 22.1. The van der Waals surface area contributed by atoms with Crippen LogP contribution in [0.2, 0.25) is 0 Å². The van der Waals surface area contributed by atoms with E-state index >= 15 is 0 Å². The summed E-state index contributed by atoms with van der Waals surface area (Å²) < 4.78 is 15.7. The Bertz CT molecular complexity index is 671. The monoisotopic (exact) mass is 492 g/mol. The summed E-state index contributed by atoms with van der Waals surface area (Å²) in [6.45, 7) is 9.49. The fraction of sp³-hybridized carbons (Fsp3) is 0.793. The molecule has 0 aromatic heterocycles. The topological polar surface area (TPSA) is 82.1 Å². The Morgan fingerprint density at radius 1 is 0.829 bits per heavy atom. The molecule has 1 N–H and O–H groups in total. The van der Waals surface area contributed by atoms with Gasteiger partial charge in [-0.3, -0.25) is 0 Å². The van der Waals surface area contributed by atoms with Gasteiger partial charge >= 0.3 is 11.9 Å². The molecule has 0 radical (unpaired) electrons. The normalized spacial score (nSPS) is 25.5. The Morgan fingerprint density at radius 3 is 1.77 bits per heavy atom. The second kappa shape index (κ2) is 16.2. The highest BCUT2D eigenvalue weighted by atomic mass is 16.5. The molecule has 0 heterocycles. The number of carbonyl (C=O) groups excluding carboxylic acids is 2. The van der Waals surface area contributed by atoms with Gasteiger partial charge in [-0.05, 0) is 62.2 Å². The first kappa shape index (κ1) is 29.6. The third-order valence-electron chi connectivity index (χ3n) is 8.12. The van der Waals surface area contributed by atoms with E-state index in [-0.39, 0.29) is 36.9 Å². The molecule has 1 atom stereocenters. The Labute approximate surface area is 212 Å². The lowest BCUT2D eigenvalue weighted by atomic mass is 9.68. The number of aliphatic hydroxyl groups is 1. The van der Waals surface area contributed by atoms with Gasteiger partial charge in [-0.1, -0.05) is 58.6 Å². The molecule has 2 aliphatic rings. The van der Waals surface area contributed by atoms with Gasteiger partial charge in [0, 0.05) is 13.0 Å². The van der Waals surface area contributed by atoms with Crippen molar-refractivity contribution in [3.8, 4) is 0 Å². The highest BCUT2D eigenvalue weighted by Gasteiger charge is 2.31. The molecule has 0 aliphatic heterocycles. The number of esters is 2. The second-order valence-corrected chi connectivity index (χ2v) is 10.8. The van der Waals surface area contributed by atoms with Crippen molar-refractivity contribution in [3.63, 3.8) is 0 Å². The zero-order valence-corrected chi connectivity index (χ0v) is 22.1. The van der Waals surface area contributed by atoms with Crippen molar-refractivity contribution < 1.29 is 28.9 Å². The van der Waals surface area contributed by atoms with Gasteiger partial charge in [-0.2, -0.15) is 0 Å². The van der Waals surface area contributed by atoms with Crippen LogP contribution in [0, 0.1) is 29.6 Å². The molecule has 2 aliphatic carbocycles. The van der Waals surface area contributed by atoms with Crippen LogP contribution >= 0.6 is 0 Å². The maximum Gasteiger partial charge on any atom is 0.335 e. The molecular formula is C29H48O6. The van der Waals surface area contributed by atoms with Crippen LogP contribution in [0.5, 0.6) is 0 Å². The molecule has 2 fully saturated rings. The molecule has 0 bridgehead atoms. The fourth-order valence-electron chi connectivity index (χ4n) is 5.88. The van der Waals surface area contributed by atoms with Crippen molar-refractivity contribution in [2.75, 3.05) is 33.5 Å². The van der Waals surface area contributed by atoms with Crippen LogP contribution in [0.25, 0.3) is 0 Å². The molecule has 200 valence electrons. The van der Waals surface area contributed by atoms with Crippen molar-refractivity contribution in [2.45, 2.75) is 84.0 Å². The number of carbonyl (C=O) groups is 2. The van der Waals surface area contributed by atoms with E-state index in [1.165, 1.54) is 71.3 Å². The van der Waals surface area contributed by atoms with Gasteiger partial charge in [0.2, 0.25) is 0 Å². The van der Waals surface area contributed by atoms with Crippen LogP contribution < -0.4 is 0 Å². The van der Waals surface area contributed by atoms with E-state index in [4.69, 9.17) is 19.3 Å². The first-order valence-corrected chi connectivity index (χ1v) is 13.7. The average Bonchev–Trinajstić information content (AvgIpc) is 2.88. The molecule has 0 amide bonds. The lowest BCUT2D eigenvalue weighted by Gasteiger charge is -2.38. The third-order valence-corrected chi connectivity index (χ3v) is 8.12. The summed E-state index contributed by atoms with van der Waals surface area (Å²) in [5.41, 5.74) is 0.287. The van der Waals surface area contributed by atoms with Crippen molar-refractivity contribution >= 4 is 11.9 Å². The minimum atomic E-state index is -0.609. The van der Waals surface area contributed by atoms with Gasteiger partial charge in [0.25, 0.3) is 0 Å². The third kappa shape index (κ3) is 10.5. The summed E-state index contributed by atoms with van der Waals surface area (Å²) in [5.74, 6) is 2.26. The minimum absolute atomic E-state index is 0.0243. The van der Waals surface area contributed by atoms with Crippen molar-refractivity contribution in [2.24, 2.45) is 29.6 Å². The van der Waals surface area contributed by atoms with Gasteiger partial charge in [-0.25, -0.2) is 9.59 Å².